The number of benzene rings is 2. The van der Waals surface area contributed by atoms with Crippen LogP contribution in [0.3, 0.4) is 0 Å². The lowest BCUT2D eigenvalue weighted by Gasteiger charge is -2.05. The molecule has 0 saturated heterocycles. The maximum atomic E-state index is 12.1. The second-order valence-electron chi connectivity index (χ2n) is 5.24. The molecule has 2 aromatic carbocycles. The number of halogens is 2. The number of aryl methyl sites for hydroxylation is 1. The van der Waals surface area contributed by atoms with Crippen molar-refractivity contribution in [3.63, 3.8) is 0 Å². The summed E-state index contributed by atoms with van der Waals surface area (Å²) >= 11 is 1.41. The quantitative estimate of drug-likeness (QED) is 0.744. The van der Waals surface area contributed by atoms with Crippen molar-refractivity contribution in [2.24, 2.45) is 0 Å². The van der Waals surface area contributed by atoms with Gasteiger partial charge in [-0.25, -0.2) is 4.98 Å². The molecule has 0 radical (unpaired) electrons. The highest BCUT2D eigenvalue weighted by Gasteiger charge is 2.10. The summed E-state index contributed by atoms with van der Waals surface area (Å²) in [6, 6.07) is 11.9. The van der Waals surface area contributed by atoms with E-state index in [0.29, 0.717) is 10.7 Å². The first kappa shape index (κ1) is 16.3. The Morgan fingerprint density at radius 2 is 2.00 bits per heavy atom. The summed E-state index contributed by atoms with van der Waals surface area (Å²) in [5.41, 5.74) is 2.68. The number of amides is 1. The molecule has 0 aliphatic heterocycles. The van der Waals surface area contributed by atoms with Gasteiger partial charge in [0, 0.05) is 0 Å². The van der Waals surface area contributed by atoms with E-state index in [0.717, 1.165) is 15.8 Å². The molecule has 0 aliphatic rings. The maximum Gasteiger partial charge on any atom is 0.387 e. The fourth-order valence-corrected chi connectivity index (χ4v) is 3.20. The standard InChI is InChI=1S/C17H14F2N2O2S/c1-10-2-7-13-14(8-10)24-17(20-13)21-15(22)9-11-3-5-12(6-4-11)23-16(18)19/h2-8,16H,9H2,1H3,(H,20,21,22). The SMILES string of the molecule is Cc1ccc2nc(NC(=O)Cc3ccc(OC(F)F)cc3)sc2c1. The van der Waals surface area contributed by atoms with Crippen LogP contribution < -0.4 is 10.1 Å². The van der Waals surface area contributed by atoms with Crippen molar-refractivity contribution in [3.05, 3.63) is 53.6 Å². The third-order valence-corrected chi connectivity index (χ3v) is 4.24. The molecule has 1 N–H and O–H groups in total. The molecule has 24 heavy (non-hydrogen) atoms. The Labute approximate surface area is 141 Å². The van der Waals surface area contributed by atoms with Gasteiger partial charge in [0.2, 0.25) is 5.91 Å². The normalized spacial score (nSPS) is 11.0. The first-order valence-electron chi connectivity index (χ1n) is 7.20. The summed E-state index contributed by atoms with van der Waals surface area (Å²) in [4.78, 5) is 16.5. The first-order valence-corrected chi connectivity index (χ1v) is 8.02. The zero-order valence-electron chi connectivity index (χ0n) is 12.8. The number of rotatable bonds is 5. The molecule has 0 fully saturated rings. The molecule has 0 aliphatic carbocycles. The number of carbonyl (C=O) groups is 1. The lowest BCUT2D eigenvalue weighted by molar-refractivity contribution is -0.115. The average molecular weight is 348 g/mol. The Bertz CT molecular complexity index is 863. The Kier molecular flexibility index (Phi) is 4.71. The molecule has 1 heterocycles. The molecule has 3 rings (SSSR count). The Hall–Kier alpha value is -2.54. The number of ether oxygens (including phenoxy) is 1. The molecule has 7 heteroatoms. The van der Waals surface area contributed by atoms with Gasteiger partial charge in [0.25, 0.3) is 0 Å². The largest absolute Gasteiger partial charge is 0.435 e. The summed E-state index contributed by atoms with van der Waals surface area (Å²) in [6.45, 7) is -0.861. The number of fused-ring (bicyclic) bond motifs is 1. The zero-order valence-corrected chi connectivity index (χ0v) is 13.6. The smallest absolute Gasteiger partial charge is 0.387 e. The Morgan fingerprint density at radius 3 is 2.71 bits per heavy atom. The number of nitrogens with one attached hydrogen (secondary N) is 1. The van der Waals surface area contributed by atoms with E-state index < -0.39 is 6.61 Å². The molecule has 0 spiro atoms. The van der Waals surface area contributed by atoms with E-state index >= 15 is 0 Å². The van der Waals surface area contributed by atoms with Gasteiger partial charge in [0.05, 0.1) is 16.6 Å². The van der Waals surface area contributed by atoms with Crippen LogP contribution in [0.5, 0.6) is 5.75 Å². The van der Waals surface area contributed by atoms with E-state index in [4.69, 9.17) is 0 Å². The molecule has 1 amide bonds. The van der Waals surface area contributed by atoms with Crippen molar-refractivity contribution < 1.29 is 18.3 Å². The van der Waals surface area contributed by atoms with Crippen LogP contribution in [0.25, 0.3) is 10.2 Å². The van der Waals surface area contributed by atoms with E-state index in [1.54, 1.807) is 12.1 Å². The molecule has 3 aromatic rings. The molecule has 0 saturated carbocycles. The summed E-state index contributed by atoms with van der Waals surface area (Å²) in [7, 11) is 0. The zero-order chi connectivity index (χ0) is 17.1. The molecule has 0 atom stereocenters. The Morgan fingerprint density at radius 1 is 1.25 bits per heavy atom. The van der Waals surface area contributed by atoms with E-state index in [9.17, 15) is 13.6 Å². The third-order valence-electron chi connectivity index (χ3n) is 3.30. The van der Waals surface area contributed by atoms with Crippen LogP contribution in [0.4, 0.5) is 13.9 Å². The van der Waals surface area contributed by atoms with E-state index in [-0.39, 0.29) is 18.1 Å². The van der Waals surface area contributed by atoms with Gasteiger partial charge in [0.15, 0.2) is 5.13 Å². The van der Waals surface area contributed by atoms with Gasteiger partial charge in [-0.3, -0.25) is 4.79 Å². The number of thiazole rings is 1. The molecule has 4 nitrogen and oxygen atoms in total. The molecular weight excluding hydrogens is 334 g/mol. The van der Waals surface area contributed by atoms with E-state index in [1.807, 2.05) is 25.1 Å². The average Bonchev–Trinajstić information content (AvgIpc) is 2.89. The van der Waals surface area contributed by atoms with Crippen LogP contribution in [-0.2, 0) is 11.2 Å². The second-order valence-corrected chi connectivity index (χ2v) is 6.27. The van der Waals surface area contributed by atoms with Crippen LogP contribution in [0, 0.1) is 6.92 Å². The fourth-order valence-electron chi connectivity index (χ4n) is 2.22. The summed E-state index contributed by atoms with van der Waals surface area (Å²) in [5.74, 6) is -0.149. The number of aromatic nitrogens is 1. The molecule has 0 unspecified atom stereocenters. The second kappa shape index (κ2) is 6.92. The predicted molar refractivity (Wildman–Crippen MR) is 89.8 cm³/mol. The number of hydrogen-bond acceptors (Lipinski definition) is 4. The van der Waals surface area contributed by atoms with Gasteiger partial charge in [-0.15, -0.1) is 0 Å². The van der Waals surface area contributed by atoms with Crippen LogP contribution >= 0.6 is 11.3 Å². The van der Waals surface area contributed by atoms with Crippen LogP contribution in [-0.4, -0.2) is 17.5 Å². The van der Waals surface area contributed by atoms with Crippen molar-refractivity contribution in [1.29, 1.82) is 0 Å². The minimum Gasteiger partial charge on any atom is -0.435 e. The fraction of sp³-hybridized carbons (Fsp3) is 0.176. The summed E-state index contributed by atoms with van der Waals surface area (Å²) < 4.78 is 29.5. The molecule has 124 valence electrons. The van der Waals surface area contributed by atoms with Crippen molar-refractivity contribution in [3.8, 4) is 5.75 Å². The summed E-state index contributed by atoms with van der Waals surface area (Å²) in [6.07, 6.45) is 0.129. The van der Waals surface area contributed by atoms with Gasteiger partial charge in [0.1, 0.15) is 5.75 Å². The van der Waals surface area contributed by atoms with Crippen molar-refractivity contribution in [2.45, 2.75) is 20.0 Å². The van der Waals surface area contributed by atoms with Gasteiger partial charge >= 0.3 is 6.61 Å². The minimum atomic E-state index is -2.86. The van der Waals surface area contributed by atoms with E-state index in [1.165, 1.54) is 23.5 Å². The number of carbonyl (C=O) groups excluding carboxylic acids is 1. The van der Waals surface area contributed by atoms with Crippen LogP contribution in [0.15, 0.2) is 42.5 Å². The van der Waals surface area contributed by atoms with Crippen LogP contribution in [0.1, 0.15) is 11.1 Å². The highest BCUT2D eigenvalue weighted by Crippen LogP contribution is 2.26. The number of anilines is 1. The topological polar surface area (TPSA) is 51.2 Å². The number of alkyl halides is 2. The van der Waals surface area contributed by atoms with Gasteiger partial charge in [-0.1, -0.05) is 29.5 Å². The highest BCUT2D eigenvalue weighted by atomic mass is 32.1. The summed E-state index contributed by atoms with van der Waals surface area (Å²) in [5, 5.41) is 3.30. The first-order chi connectivity index (χ1) is 11.5. The number of nitrogens with zero attached hydrogens (tertiary/aromatic N) is 1. The predicted octanol–water partition coefficient (Wildman–Crippen LogP) is 4.39. The lowest BCUT2D eigenvalue weighted by Crippen LogP contribution is -2.14. The van der Waals surface area contributed by atoms with Crippen molar-refractivity contribution >= 4 is 32.6 Å². The Balaban J connectivity index is 1.64. The highest BCUT2D eigenvalue weighted by molar-refractivity contribution is 7.22. The molecular formula is C17H14F2N2O2S. The number of hydrogen-bond donors (Lipinski definition) is 1. The van der Waals surface area contributed by atoms with Gasteiger partial charge in [-0.05, 0) is 42.3 Å². The van der Waals surface area contributed by atoms with Crippen molar-refractivity contribution in [1.82, 2.24) is 4.98 Å². The molecule has 0 bridgehead atoms. The van der Waals surface area contributed by atoms with Crippen molar-refractivity contribution in [2.75, 3.05) is 5.32 Å². The van der Waals surface area contributed by atoms with E-state index in [2.05, 4.69) is 15.0 Å². The van der Waals surface area contributed by atoms with Crippen LogP contribution in [0.2, 0.25) is 0 Å². The lowest BCUT2D eigenvalue weighted by atomic mass is 10.1. The molecule has 1 aromatic heterocycles. The van der Waals surface area contributed by atoms with Gasteiger partial charge < -0.3 is 10.1 Å². The monoisotopic (exact) mass is 348 g/mol. The maximum absolute atomic E-state index is 12.1. The minimum absolute atomic E-state index is 0.0655. The van der Waals surface area contributed by atoms with Gasteiger partial charge in [-0.2, -0.15) is 8.78 Å². The third kappa shape index (κ3) is 4.05.